The molecular formula is C7H13N3O2S. The molecule has 0 aliphatic carbocycles. The van der Waals surface area contributed by atoms with Crippen LogP contribution in [0.1, 0.15) is 6.42 Å². The Morgan fingerprint density at radius 2 is 2.15 bits per heavy atom. The van der Waals surface area contributed by atoms with Gasteiger partial charge in [0.05, 0.1) is 6.42 Å². The van der Waals surface area contributed by atoms with Crippen molar-refractivity contribution >= 4 is 23.5 Å². The molecule has 1 amide bonds. The number of rotatable bonds is 2. The summed E-state index contributed by atoms with van der Waals surface area (Å²) >= 11 is 1.84. The molecule has 1 fully saturated rings. The van der Waals surface area contributed by atoms with E-state index in [1.807, 2.05) is 11.8 Å². The van der Waals surface area contributed by atoms with Crippen molar-refractivity contribution in [1.29, 1.82) is 0 Å². The van der Waals surface area contributed by atoms with Crippen LogP contribution in [-0.2, 0) is 4.79 Å². The molecule has 13 heavy (non-hydrogen) atoms. The number of carbonyl (C=O) groups excluding carboxylic acids is 1. The predicted octanol–water partition coefficient (Wildman–Crippen LogP) is -0.302. The average molecular weight is 203 g/mol. The molecule has 5 nitrogen and oxygen atoms in total. The van der Waals surface area contributed by atoms with Crippen molar-refractivity contribution in [2.24, 2.45) is 10.9 Å². The number of amides is 1. The van der Waals surface area contributed by atoms with Gasteiger partial charge in [-0.25, -0.2) is 0 Å². The predicted molar refractivity (Wildman–Crippen MR) is 51.9 cm³/mol. The van der Waals surface area contributed by atoms with Gasteiger partial charge in [-0.3, -0.25) is 4.79 Å². The maximum absolute atomic E-state index is 11.4. The zero-order valence-corrected chi connectivity index (χ0v) is 8.09. The summed E-state index contributed by atoms with van der Waals surface area (Å²) in [7, 11) is 0. The number of hydrogen-bond donors (Lipinski definition) is 2. The van der Waals surface area contributed by atoms with Crippen LogP contribution in [0.25, 0.3) is 0 Å². The molecule has 0 aromatic carbocycles. The summed E-state index contributed by atoms with van der Waals surface area (Å²) in [4.78, 5) is 13.2. The maximum Gasteiger partial charge on any atom is 0.230 e. The van der Waals surface area contributed by atoms with E-state index in [1.54, 1.807) is 4.90 Å². The quantitative estimate of drug-likeness (QED) is 0.279. The fourth-order valence-electron chi connectivity index (χ4n) is 1.11. The van der Waals surface area contributed by atoms with Crippen LogP contribution in [0.4, 0.5) is 0 Å². The van der Waals surface area contributed by atoms with E-state index in [9.17, 15) is 4.79 Å². The van der Waals surface area contributed by atoms with Gasteiger partial charge >= 0.3 is 0 Å². The third-order valence-corrected chi connectivity index (χ3v) is 2.77. The average Bonchev–Trinajstić information content (AvgIpc) is 2.19. The van der Waals surface area contributed by atoms with Crippen LogP contribution in [0, 0.1) is 0 Å². The molecule has 0 spiro atoms. The molecule has 1 rings (SSSR count). The molecule has 3 N–H and O–H groups in total. The molecule has 1 aliphatic heterocycles. The summed E-state index contributed by atoms with van der Waals surface area (Å²) in [6.07, 6.45) is 0.0150. The zero-order valence-electron chi connectivity index (χ0n) is 7.27. The minimum absolute atomic E-state index is 0.0150. The van der Waals surface area contributed by atoms with E-state index in [0.29, 0.717) is 0 Å². The third kappa shape index (κ3) is 3.14. The minimum Gasteiger partial charge on any atom is -0.409 e. The van der Waals surface area contributed by atoms with Crippen molar-refractivity contribution in [3.63, 3.8) is 0 Å². The Labute approximate surface area is 81.0 Å². The third-order valence-electron chi connectivity index (χ3n) is 1.82. The van der Waals surface area contributed by atoms with Gasteiger partial charge in [-0.05, 0) is 0 Å². The highest BCUT2D eigenvalue weighted by atomic mass is 32.2. The number of thioether (sulfide) groups is 1. The second-order valence-corrected chi connectivity index (χ2v) is 3.99. The molecule has 0 unspecified atom stereocenters. The lowest BCUT2D eigenvalue weighted by molar-refractivity contribution is -0.129. The first kappa shape index (κ1) is 10.2. The SMILES string of the molecule is N/C(CC(=O)N1CCSCC1)=N\O. The molecule has 0 bridgehead atoms. The normalized spacial score (nSPS) is 18.8. The van der Waals surface area contributed by atoms with E-state index >= 15 is 0 Å². The smallest absolute Gasteiger partial charge is 0.230 e. The monoisotopic (exact) mass is 203 g/mol. The molecule has 0 radical (unpaired) electrons. The highest BCUT2D eigenvalue weighted by molar-refractivity contribution is 7.99. The summed E-state index contributed by atoms with van der Waals surface area (Å²) in [6, 6.07) is 0. The van der Waals surface area contributed by atoms with Gasteiger partial charge in [0.25, 0.3) is 0 Å². The molecular weight excluding hydrogens is 190 g/mol. The van der Waals surface area contributed by atoms with Gasteiger partial charge in [0, 0.05) is 24.6 Å². The highest BCUT2D eigenvalue weighted by Gasteiger charge is 2.17. The Balaban J connectivity index is 2.37. The van der Waals surface area contributed by atoms with Crippen LogP contribution in [0.3, 0.4) is 0 Å². The molecule has 0 saturated carbocycles. The summed E-state index contributed by atoms with van der Waals surface area (Å²) in [5.41, 5.74) is 5.23. The van der Waals surface area contributed by atoms with Gasteiger partial charge in [0.2, 0.25) is 5.91 Å². The standard InChI is InChI=1S/C7H13N3O2S/c8-6(9-12)5-7(11)10-1-3-13-4-2-10/h12H,1-5H2,(H2,8,9). The van der Waals surface area contributed by atoms with E-state index in [1.165, 1.54) is 0 Å². The van der Waals surface area contributed by atoms with Crippen LogP contribution in [0.15, 0.2) is 5.16 Å². The largest absolute Gasteiger partial charge is 0.409 e. The van der Waals surface area contributed by atoms with Crippen molar-refractivity contribution in [1.82, 2.24) is 4.90 Å². The molecule has 74 valence electrons. The Kier molecular flexibility index (Phi) is 3.88. The fourth-order valence-corrected chi connectivity index (χ4v) is 2.02. The van der Waals surface area contributed by atoms with E-state index in [2.05, 4.69) is 5.16 Å². The molecule has 6 heteroatoms. The first-order valence-electron chi connectivity index (χ1n) is 4.06. The molecule has 0 aromatic heterocycles. The maximum atomic E-state index is 11.4. The Bertz CT molecular complexity index is 214. The number of amidine groups is 1. The molecule has 1 saturated heterocycles. The lowest BCUT2D eigenvalue weighted by Crippen LogP contribution is -2.39. The summed E-state index contributed by atoms with van der Waals surface area (Å²) in [6.45, 7) is 1.53. The van der Waals surface area contributed by atoms with Gasteiger partial charge < -0.3 is 15.8 Å². The zero-order chi connectivity index (χ0) is 9.68. The van der Waals surface area contributed by atoms with E-state index in [4.69, 9.17) is 10.9 Å². The molecule has 0 atom stereocenters. The Hall–Kier alpha value is -0.910. The van der Waals surface area contributed by atoms with Gasteiger partial charge in [0.15, 0.2) is 0 Å². The van der Waals surface area contributed by atoms with Gasteiger partial charge in [0.1, 0.15) is 5.84 Å². The van der Waals surface area contributed by atoms with Crippen molar-refractivity contribution in [3.05, 3.63) is 0 Å². The van der Waals surface area contributed by atoms with Gasteiger partial charge in [-0.1, -0.05) is 5.16 Å². The fraction of sp³-hybridized carbons (Fsp3) is 0.714. The van der Waals surface area contributed by atoms with Gasteiger partial charge in [-0.2, -0.15) is 11.8 Å². The van der Waals surface area contributed by atoms with Crippen LogP contribution < -0.4 is 5.73 Å². The number of hydrogen-bond acceptors (Lipinski definition) is 4. The van der Waals surface area contributed by atoms with Crippen LogP contribution in [0.5, 0.6) is 0 Å². The van der Waals surface area contributed by atoms with Crippen LogP contribution in [-0.4, -0.2) is 46.4 Å². The second kappa shape index (κ2) is 4.96. The van der Waals surface area contributed by atoms with Crippen molar-refractivity contribution < 1.29 is 10.0 Å². The highest BCUT2D eigenvalue weighted by Crippen LogP contribution is 2.09. The van der Waals surface area contributed by atoms with Gasteiger partial charge in [-0.15, -0.1) is 0 Å². The summed E-state index contributed by atoms with van der Waals surface area (Å²) < 4.78 is 0. The lowest BCUT2D eigenvalue weighted by atomic mass is 10.3. The van der Waals surface area contributed by atoms with E-state index < -0.39 is 0 Å². The molecule has 1 aliphatic rings. The lowest BCUT2D eigenvalue weighted by Gasteiger charge is -2.26. The Morgan fingerprint density at radius 1 is 1.54 bits per heavy atom. The number of oxime groups is 1. The van der Waals surface area contributed by atoms with Crippen molar-refractivity contribution in [3.8, 4) is 0 Å². The number of nitrogens with zero attached hydrogens (tertiary/aromatic N) is 2. The molecule has 0 aromatic rings. The van der Waals surface area contributed by atoms with Crippen molar-refractivity contribution in [2.45, 2.75) is 6.42 Å². The number of carbonyl (C=O) groups is 1. The number of nitrogens with two attached hydrogens (primary N) is 1. The van der Waals surface area contributed by atoms with E-state index in [0.717, 1.165) is 24.6 Å². The first-order chi connectivity index (χ1) is 6.24. The topological polar surface area (TPSA) is 78.9 Å². The second-order valence-electron chi connectivity index (χ2n) is 2.76. The van der Waals surface area contributed by atoms with E-state index in [-0.39, 0.29) is 18.2 Å². The Morgan fingerprint density at radius 3 is 2.69 bits per heavy atom. The minimum atomic E-state index is -0.0596. The van der Waals surface area contributed by atoms with Crippen molar-refractivity contribution in [2.75, 3.05) is 24.6 Å². The molecule has 1 heterocycles. The van der Waals surface area contributed by atoms with Crippen LogP contribution >= 0.6 is 11.8 Å². The summed E-state index contributed by atoms with van der Waals surface area (Å²) in [5.74, 6) is 1.86. The summed E-state index contributed by atoms with van der Waals surface area (Å²) in [5, 5.41) is 11.0. The van der Waals surface area contributed by atoms with Crippen LogP contribution in [0.2, 0.25) is 0 Å². The first-order valence-corrected chi connectivity index (χ1v) is 5.21.